The van der Waals surface area contributed by atoms with Crippen molar-refractivity contribution < 1.29 is 9.53 Å². The largest absolute Gasteiger partial charge is 0.497 e. The number of ether oxygens (including phenoxy) is 1. The third-order valence-electron chi connectivity index (χ3n) is 6.17. The fourth-order valence-electron chi connectivity index (χ4n) is 4.27. The normalized spacial score (nSPS) is 19.5. The Labute approximate surface area is 187 Å². The van der Waals surface area contributed by atoms with Crippen molar-refractivity contribution in [2.45, 2.75) is 44.1 Å². The molecular formula is C22H32N4O2S2. The van der Waals surface area contributed by atoms with E-state index in [1.165, 1.54) is 22.5 Å². The Bertz CT molecular complexity index is 845. The molecule has 164 valence electrons. The third kappa shape index (κ3) is 5.28. The van der Waals surface area contributed by atoms with Crippen LogP contribution in [0.1, 0.15) is 43.0 Å². The van der Waals surface area contributed by atoms with Gasteiger partial charge in [-0.05, 0) is 63.5 Å². The number of carbonyl (C=O) groups excluding carboxylic acids is 1. The maximum absolute atomic E-state index is 12.3. The molecule has 30 heavy (non-hydrogen) atoms. The number of amides is 1. The molecule has 0 aliphatic carbocycles. The first-order chi connectivity index (χ1) is 14.6. The van der Waals surface area contributed by atoms with E-state index in [0.717, 1.165) is 68.3 Å². The van der Waals surface area contributed by atoms with Crippen molar-refractivity contribution in [3.8, 4) is 5.75 Å². The minimum Gasteiger partial charge on any atom is -0.497 e. The summed E-state index contributed by atoms with van der Waals surface area (Å²) in [5, 5.41) is 1.27. The zero-order valence-corrected chi connectivity index (χ0v) is 19.3. The topological polar surface area (TPSA) is 71.7 Å². The molecule has 8 heteroatoms. The summed E-state index contributed by atoms with van der Waals surface area (Å²) in [5.41, 5.74) is 7.20. The van der Waals surface area contributed by atoms with Crippen LogP contribution in [0.2, 0.25) is 0 Å². The molecule has 0 saturated carbocycles. The highest BCUT2D eigenvalue weighted by molar-refractivity contribution is 7.99. The van der Waals surface area contributed by atoms with Gasteiger partial charge in [-0.3, -0.25) is 4.79 Å². The number of hydrogen-bond donors (Lipinski definition) is 1. The molecule has 2 aliphatic heterocycles. The van der Waals surface area contributed by atoms with Crippen LogP contribution in [0.4, 0.5) is 0 Å². The predicted molar refractivity (Wildman–Crippen MR) is 125 cm³/mol. The molecule has 6 nitrogen and oxygen atoms in total. The van der Waals surface area contributed by atoms with Crippen LogP contribution < -0.4 is 10.5 Å². The molecule has 2 aliphatic rings. The van der Waals surface area contributed by atoms with E-state index in [4.69, 9.17) is 15.5 Å². The SMILES string of the molecule is COc1ccc2nc(C3CCN(CCCCC(N)C(=O)N4CCSC4)CC3)sc2c1. The number of benzene rings is 1. The zero-order chi connectivity index (χ0) is 20.9. The number of carbonyl (C=O) groups is 1. The molecule has 0 spiro atoms. The molecule has 1 atom stereocenters. The van der Waals surface area contributed by atoms with Crippen molar-refractivity contribution in [3.05, 3.63) is 23.2 Å². The van der Waals surface area contributed by atoms with Gasteiger partial charge in [0.1, 0.15) is 5.75 Å². The van der Waals surface area contributed by atoms with Crippen LogP contribution in [0.25, 0.3) is 10.2 Å². The zero-order valence-electron chi connectivity index (χ0n) is 17.7. The van der Waals surface area contributed by atoms with Gasteiger partial charge in [0.05, 0.1) is 34.3 Å². The molecular weight excluding hydrogens is 416 g/mol. The van der Waals surface area contributed by atoms with Crippen molar-refractivity contribution in [2.24, 2.45) is 5.73 Å². The summed E-state index contributed by atoms with van der Waals surface area (Å²) in [4.78, 5) is 21.6. The highest BCUT2D eigenvalue weighted by Gasteiger charge is 2.25. The van der Waals surface area contributed by atoms with E-state index in [9.17, 15) is 4.79 Å². The Balaban J connectivity index is 1.17. The summed E-state index contributed by atoms with van der Waals surface area (Å²) in [7, 11) is 1.71. The van der Waals surface area contributed by atoms with E-state index in [-0.39, 0.29) is 11.9 Å². The van der Waals surface area contributed by atoms with Crippen LogP contribution in [-0.4, -0.2) is 71.7 Å². The number of aromatic nitrogens is 1. The number of piperidine rings is 1. The van der Waals surface area contributed by atoms with Crippen LogP contribution in [0.5, 0.6) is 5.75 Å². The molecule has 0 radical (unpaired) electrons. The molecule has 4 rings (SSSR count). The van der Waals surface area contributed by atoms with E-state index in [2.05, 4.69) is 17.0 Å². The van der Waals surface area contributed by atoms with Crippen LogP contribution in [0, 0.1) is 0 Å². The number of methoxy groups -OCH3 is 1. The Morgan fingerprint density at radius 1 is 1.30 bits per heavy atom. The summed E-state index contributed by atoms with van der Waals surface area (Å²) >= 11 is 3.62. The average Bonchev–Trinajstić information content (AvgIpc) is 3.46. The van der Waals surface area contributed by atoms with Crippen LogP contribution in [0.3, 0.4) is 0 Å². The van der Waals surface area contributed by atoms with Gasteiger partial charge >= 0.3 is 0 Å². The molecule has 1 amide bonds. The number of rotatable bonds is 8. The minimum atomic E-state index is -0.327. The lowest BCUT2D eigenvalue weighted by Crippen LogP contribution is -2.42. The van der Waals surface area contributed by atoms with E-state index >= 15 is 0 Å². The fraction of sp³-hybridized carbons (Fsp3) is 0.636. The Morgan fingerprint density at radius 2 is 2.13 bits per heavy atom. The van der Waals surface area contributed by atoms with Gasteiger partial charge in [0, 0.05) is 18.2 Å². The van der Waals surface area contributed by atoms with Gasteiger partial charge < -0.3 is 20.3 Å². The second kappa shape index (κ2) is 10.3. The quantitative estimate of drug-likeness (QED) is 0.623. The molecule has 1 aromatic carbocycles. The minimum absolute atomic E-state index is 0.134. The molecule has 0 bridgehead atoms. The molecule has 2 aromatic rings. The van der Waals surface area contributed by atoms with Gasteiger partial charge in [-0.15, -0.1) is 23.1 Å². The fourth-order valence-corrected chi connectivity index (χ4v) is 6.39. The highest BCUT2D eigenvalue weighted by atomic mass is 32.2. The van der Waals surface area contributed by atoms with E-state index in [0.29, 0.717) is 5.92 Å². The smallest absolute Gasteiger partial charge is 0.240 e. The number of thiazole rings is 1. The maximum atomic E-state index is 12.3. The summed E-state index contributed by atoms with van der Waals surface area (Å²) < 4.78 is 6.55. The third-order valence-corrected chi connectivity index (χ3v) is 8.32. The molecule has 2 N–H and O–H groups in total. The Kier molecular flexibility index (Phi) is 7.51. The van der Waals surface area contributed by atoms with Crippen molar-refractivity contribution in [1.82, 2.24) is 14.8 Å². The van der Waals surface area contributed by atoms with Gasteiger partial charge in [0.15, 0.2) is 0 Å². The van der Waals surface area contributed by atoms with Gasteiger partial charge in [-0.1, -0.05) is 6.42 Å². The molecule has 3 heterocycles. The summed E-state index contributed by atoms with van der Waals surface area (Å²) in [5.74, 6) is 3.44. The molecule has 2 saturated heterocycles. The van der Waals surface area contributed by atoms with E-state index in [1.54, 1.807) is 7.11 Å². The lowest BCUT2D eigenvalue weighted by molar-refractivity contribution is -0.131. The predicted octanol–water partition coefficient (Wildman–Crippen LogP) is 3.51. The monoisotopic (exact) mass is 448 g/mol. The summed E-state index contributed by atoms with van der Waals surface area (Å²) in [6, 6.07) is 5.80. The maximum Gasteiger partial charge on any atom is 0.240 e. The number of nitrogens with zero attached hydrogens (tertiary/aromatic N) is 3. The highest BCUT2D eigenvalue weighted by Crippen LogP contribution is 2.35. The standard InChI is InChI=1S/C22H32N4O2S2/c1-28-17-5-6-19-20(14-17)30-21(24-19)16-7-10-25(11-8-16)9-3-2-4-18(23)22(27)26-12-13-29-15-26/h5-6,14,16,18H,2-4,7-13,15,23H2,1H3. The van der Waals surface area contributed by atoms with Gasteiger partial charge in [-0.25, -0.2) is 4.98 Å². The Morgan fingerprint density at radius 3 is 2.87 bits per heavy atom. The Hall–Kier alpha value is -1.35. The first kappa shape index (κ1) is 21.9. The van der Waals surface area contributed by atoms with Gasteiger partial charge in [-0.2, -0.15) is 0 Å². The summed E-state index contributed by atoms with van der Waals surface area (Å²) in [6.45, 7) is 4.21. The van der Waals surface area contributed by atoms with Crippen LogP contribution >= 0.6 is 23.1 Å². The van der Waals surface area contributed by atoms with Crippen molar-refractivity contribution in [3.63, 3.8) is 0 Å². The first-order valence-corrected chi connectivity index (χ1v) is 12.9. The van der Waals surface area contributed by atoms with Crippen LogP contribution in [-0.2, 0) is 4.79 Å². The van der Waals surface area contributed by atoms with E-state index in [1.807, 2.05) is 34.1 Å². The number of unbranched alkanes of at least 4 members (excludes halogenated alkanes) is 1. The van der Waals surface area contributed by atoms with Crippen LogP contribution in [0.15, 0.2) is 18.2 Å². The molecule has 2 fully saturated rings. The van der Waals surface area contributed by atoms with Crippen molar-refractivity contribution in [1.29, 1.82) is 0 Å². The van der Waals surface area contributed by atoms with Crippen molar-refractivity contribution in [2.75, 3.05) is 44.9 Å². The summed E-state index contributed by atoms with van der Waals surface area (Å²) in [6.07, 6.45) is 5.27. The second-order valence-electron chi connectivity index (χ2n) is 8.24. The number of nitrogens with two attached hydrogens (primary N) is 1. The van der Waals surface area contributed by atoms with Gasteiger partial charge in [0.25, 0.3) is 0 Å². The number of thioether (sulfide) groups is 1. The van der Waals surface area contributed by atoms with E-state index < -0.39 is 0 Å². The number of fused-ring (bicyclic) bond motifs is 1. The lowest BCUT2D eigenvalue weighted by Gasteiger charge is -2.31. The second-order valence-corrected chi connectivity index (χ2v) is 10.4. The molecule has 1 aromatic heterocycles. The lowest BCUT2D eigenvalue weighted by atomic mass is 9.97. The van der Waals surface area contributed by atoms with Crippen molar-refractivity contribution >= 4 is 39.2 Å². The van der Waals surface area contributed by atoms with Gasteiger partial charge in [0.2, 0.25) is 5.91 Å². The number of likely N-dealkylation sites (tertiary alicyclic amines) is 1. The first-order valence-electron chi connectivity index (χ1n) is 10.9. The average molecular weight is 449 g/mol. The number of hydrogen-bond acceptors (Lipinski definition) is 7. The molecule has 1 unspecified atom stereocenters.